The van der Waals surface area contributed by atoms with Crippen molar-refractivity contribution in [1.82, 2.24) is 0 Å². The third kappa shape index (κ3) is 31.7. The van der Waals surface area contributed by atoms with E-state index in [4.69, 9.17) is 29.0 Å². The molecule has 0 aromatic carbocycles. The molecule has 308 valence electrons. The molecule has 3 N–H and O–H groups in total. The minimum atomic E-state index is -4.41. The number of hydrogen-bond donors (Lipinski definition) is 2. The molecule has 54 heavy (non-hydrogen) atoms. The second-order valence-electron chi connectivity index (χ2n) is 13.6. The molecule has 0 saturated carbocycles. The predicted octanol–water partition coefficient (Wildman–Crippen LogP) is 10.5. The fourth-order valence-corrected chi connectivity index (χ4v) is 6.18. The minimum absolute atomic E-state index is 0.0169. The second-order valence-corrected chi connectivity index (χ2v) is 15.0. The van der Waals surface area contributed by atoms with Crippen LogP contribution in [0.25, 0.3) is 0 Å². The summed E-state index contributed by atoms with van der Waals surface area (Å²) in [6, 6.07) is 0. The Bertz CT molecular complexity index is 1180. The first-order valence-corrected chi connectivity index (χ1v) is 22.1. The van der Waals surface area contributed by atoms with Gasteiger partial charge in [-0.05, 0) is 64.2 Å². The van der Waals surface area contributed by atoms with Crippen LogP contribution in [0.4, 0.5) is 0 Å². The lowest BCUT2D eigenvalue weighted by molar-refractivity contribution is -0.161. The number of ether oxygens (including phenoxy) is 3. The summed E-state index contributed by atoms with van der Waals surface area (Å²) in [4.78, 5) is 34.9. The number of nitrogens with two attached hydrogens (primary N) is 1. The summed E-state index contributed by atoms with van der Waals surface area (Å²) in [5.41, 5.74) is 5.34. The van der Waals surface area contributed by atoms with Gasteiger partial charge in [-0.25, -0.2) is 4.57 Å². The van der Waals surface area contributed by atoms with Gasteiger partial charge in [0, 0.05) is 19.4 Å². The number of allylic oxidation sites excluding steroid dienone is 11. The van der Waals surface area contributed by atoms with E-state index < -0.39 is 32.5 Å². The van der Waals surface area contributed by atoms with Crippen molar-refractivity contribution in [3.63, 3.8) is 0 Å². The molecule has 1 aliphatic rings. The van der Waals surface area contributed by atoms with Crippen molar-refractivity contribution in [2.24, 2.45) is 5.73 Å². The van der Waals surface area contributed by atoms with E-state index in [0.29, 0.717) is 19.3 Å². The van der Waals surface area contributed by atoms with Crippen LogP contribution >= 0.6 is 7.82 Å². The van der Waals surface area contributed by atoms with Crippen LogP contribution in [0.5, 0.6) is 0 Å². The number of unbranched alkanes of at least 4 members (excludes halogenated alkanes) is 11. The zero-order chi connectivity index (χ0) is 39.4. The molecule has 1 heterocycles. The van der Waals surface area contributed by atoms with Gasteiger partial charge >= 0.3 is 19.8 Å². The molecule has 4 unspecified atom stereocenters. The van der Waals surface area contributed by atoms with Crippen LogP contribution in [0, 0.1) is 0 Å². The van der Waals surface area contributed by atoms with Crippen LogP contribution in [0.3, 0.4) is 0 Å². The Balaban J connectivity index is 2.30. The van der Waals surface area contributed by atoms with Gasteiger partial charge in [0.05, 0.1) is 19.3 Å². The number of phosphoric ester groups is 1. The molecule has 0 aromatic rings. The van der Waals surface area contributed by atoms with Crippen LogP contribution in [-0.4, -0.2) is 61.5 Å². The molecule has 0 radical (unpaired) electrons. The van der Waals surface area contributed by atoms with E-state index in [2.05, 4.69) is 56.4 Å². The first-order valence-electron chi connectivity index (χ1n) is 20.6. The van der Waals surface area contributed by atoms with Gasteiger partial charge in [-0.3, -0.25) is 18.6 Å². The van der Waals surface area contributed by atoms with Crippen molar-refractivity contribution < 1.29 is 42.3 Å². The van der Waals surface area contributed by atoms with Crippen molar-refractivity contribution in [3.05, 3.63) is 72.9 Å². The number of phosphoric acid groups is 1. The third-order valence-corrected chi connectivity index (χ3v) is 9.53. The summed E-state index contributed by atoms with van der Waals surface area (Å²) in [5, 5.41) is 0. The quantitative estimate of drug-likeness (QED) is 0.0157. The zero-order valence-electron chi connectivity index (χ0n) is 33.4. The number of carbonyl (C=O) groups is 2. The van der Waals surface area contributed by atoms with Gasteiger partial charge in [0.15, 0.2) is 6.10 Å². The molecular weight excluding hydrogens is 705 g/mol. The first kappa shape index (κ1) is 49.4. The van der Waals surface area contributed by atoms with Crippen molar-refractivity contribution >= 4 is 19.8 Å². The number of esters is 2. The molecule has 0 aliphatic carbocycles. The molecule has 0 aromatic heterocycles. The van der Waals surface area contributed by atoms with Gasteiger partial charge in [0.2, 0.25) is 0 Å². The molecule has 11 heteroatoms. The highest BCUT2D eigenvalue weighted by molar-refractivity contribution is 7.47. The molecule has 10 nitrogen and oxygen atoms in total. The summed E-state index contributed by atoms with van der Waals surface area (Å²) >= 11 is 0. The van der Waals surface area contributed by atoms with Crippen LogP contribution in [-0.2, 0) is 37.4 Å². The van der Waals surface area contributed by atoms with Crippen LogP contribution in [0.15, 0.2) is 72.9 Å². The zero-order valence-corrected chi connectivity index (χ0v) is 34.3. The van der Waals surface area contributed by atoms with Gasteiger partial charge < -0.3 is 24.8 Å². The summed E-state index contributed by atoms with van der Waals surface area (Å²) in [6.07, 6.45) is 43.9. The third-order valence-electron chi connectivity index (χ3n) is 8.54. The molecular formula is C43H72NO9P. The lowest BCUT2D eigenvalue weighted by Gasteiger charge is -2.19. The monoisotopic (exact) mass is 777 g/mol. The lowest BCUT2D eigenvalue weighted by Crippen LogP contribution is -2.29. The van der Waals surface area contributed by atoms with Crippen molar-refractivity contribution in [2.75, 3.05) is 26.4 Å². The van der Waals surface area contributed by atoms with Gasteiger partial charge in [-0.15, -0.1) is 0 Å². The van der Waals surface area contributed by atoms with E-state index in [1.54, 1.807) is 0 Å². The summed E-state index contributed by atoms with van der Waals surface area (Å²) in [5.74, 6) is -0.943. The average Bonchev–Trinajstić information content (AvgIpc) is 3.91. The molecule has 4 atom stereocenters. The fraction of sp³-hybridized carbons (Fsp3) is 0.674. The number of rotatable bonds is 36. The van der Waals surface area contributed by atoms with E-state index in [1.807, 2.05) is 30.4 Å². The molecule has 0 amide bonds. The smallest absolute Gasteiger partial charge is 0.462 e. The Morgan fingerprint density at radius 3 is 2.06 bits per heavy atom. The fourth-order valence-electron chi connectivity index (χ4n) is 5.42. The molecule has 1 aliphatic heterocycles. The van der Waals surface area contributed by atoms with Crippen LogP contribution in [0.2, 0.25) is 0 Å². The Morgan fingerprint density at radius 1 is 0.722 bits per heavy atom. The van der Waals surface area contributed by atoms with Crippen molar-refractivity contribution in [3.8, 4) is 0 Å². The predicted molar refractivity (Wildman–Crippen MR) is 219 cm³/mol. The summed E-state index contributed by atoms with van der Waals surface area (Å²) < 4.78 is 38.4. The van der Waals surface area contributed by atoms with Gasteiger partial charge in [-0.1, -0.05) is 138 Å². The maximum Gasteiger partial charge on any atom is 0.472 e. The summed E-state index contributed by atoms with van der Waals surface area (Å²) in [6.45, 7) is 3.46. The van der Waals surface area contributed by atoms with E-state index in [0.717, 1.165) is 51.4 Å². The highest BCUT2D eigenvalue weighted by Gasteiger charge is 2.35. The number of epoxide rings is 1. The molecule has 0 bridgehead atoms. The SMILES string of the molecule is CC/C=C\C/C=C\C\C=C/C=C/C=C/C1OC1CCCC(=O)OC(COC(=O)CCCCCCC/C=C\CCCCCCCC)COP(=O)(O)OCCN. The topological polar surface area (TPSA) is 147 Å². The summed E-state index contributed by atoms with van der Waals surface area (Å²) in [7, 11) is -4.41. The number of carbonyl (C=O) groups excluding carboxylic acids is 2. The highest BCUT2D eigenvalue weighted by Crippen LogP contribution is 2.43. The Labute approximate surface area is 326 Å². The Morgan fingerprint density at radius 2 is 1.35 bits per heavy atom. The molecule has 1 rings (SSSR count). The normalized spacial score (nSPS) is 17.9. The molecule has 1 saturated heterocycles. The second kappa shape index (κ2) is 34.9. The van der Waals surface area contributed by atoms with Gasteiger partial charge in [0.1, 0.15) is 12.7 Å². The largest absolute Gasteiger partial charge is 0.472 e. The van der Waals surface area contributed by atoms with E-state index in [9.17, 15) is 19.0 Å². The average molecular weight is 778 g/mol. The Kier molecular flexibility index (Phi) is 31.9. The minimum Gasteiger partial charge on any atom is -0.462 e. The van der Waals surface area contributed by atoms with E-state index >= 15 is 0 Å². The van der Waals surface area contributed by atoms with Gasteiger partial charge in [-0.2, -0.15) is 0 Å². The molecule has 0 spiro atoms. The van der Waals surface area contributed by atoms with Crippen LogP contribution < -0.4 is 5.73 Å². The Hall–Kier alpha value is -2.59. The highest BCUT2D eigenvalue weighted by atomic mass is 31.2. The van der Waals surface area contributed by atoms with E-state index in [-0.39, 0.29) is 44.8 Å². The van der Waals surface area contributed by atoms with Gasteiger partial charge in [0.25, 0.3) is 0 Å². The van der Waals surface area contributed by atoms with Crippen molar-refractivity contribution in [1.29, 1.82) is 0 Å². The first-order chi connectivity index (χ1) is 26.3. The lowest BCUT2D eigenvalue weighted by atomic mass is 10.1. The van der Waals surface area contributed by atoms with E-state index in [1.165, 1.54) is 44.9 Å². The molecule has 1 fully saturated rings. The number of hydrogen-bond acceptors (Lipinski definition) is 9. The van der Waals surface area contributed by atoms with Crippen molar-refractivity contribution in [2.45, 2.75) is 161 Å². The van der Waals surface area contributed by atoms with Crippen LogP contribution in [0.1, 0.15) is 142 Å². The maximum absolute atomic E-state index is 12.6. The standard InChI is InChI=1S/C43H72NO9P/c1-3-5-7-9-11-13-15-17-18-19-21-23-25-27-29-33-42(45)49-37-39(38-51-54(47,48)50-36-35-44)52-43(46)34-30-32-41-40(53-41)31-28-26-24-22-20-16-14-12-10-8-6-4-2/h6,8,12,14,17-18,20,22,24,26,28,31,39-41H,3-5,7,9-11,13,15-16,19,21,23,25,27,29-30,32-38,44H2,1-2H3,(H,47,48)/b8-6-,14-12-,18-17-,22-20-,26-24+,31-28+. The maximum atomic E-state index is 12.6.